The van der Waals surface area contributed by atoms with Crippen LogP contribution in [-0.4, -0.2) is 14.3 Å². The standard InChI is InChI=1S/C12H12ClN3O4S/c13-10-5-7(1-3-9(10)12(14)17)16-6-8-2-4-11(20-8)21(15,18)19/h1-5,16H,6H2,(H2,14,17)(H2,15,18,19). The number of hydrogen-bond acceptors (Lipinski definition) is 5. The van der Waals surface area contributed by atoms with Gasteiger partial charge in [-0.2, -0.15) is 0 Å². The van der Waals surface area contributed by atoms with E-state index < -0.39 is 15.9 Å². The molecule has 7 nitrogen and oxygen atoms in total. The first kappa shape index (κ1) is 15.4. The normalized spacial score (nSPS) is 11.3. The van der Waals surface area contributed by atoms with Gasteiger partial charge in [0.1, 0.15) is 5.76 Å². The van der Waals surface area contributed by atoms with Crippen LogP contribution in [0, 0.1) is 0 Å². The lowest BCUT2D eigenvalue weighted by Gasteiger charge is -2.06. The van der Waals surface area contributed by atoms with Crippen molar-refractivity contribution in [3.05, 3.63) is 46.7 Å². The van der Waals surface area contributed by atoms with Crippen LogP contribution in [-0.2, 0) is 16.6 Å². The Morgan fingerprint density at radius 1 is 1.29 bits per heavy atom. The monoisotopic (exact) mass is 329 g/mol. The molecule has 0 radical (unpaired) electrons. The molecule has 0 atom stereocenters. The molecule has 2 rings (SSSR count). The molecule has 1 aromatic heterocycles. The molecule has 5 N–H and O–H groups in total. The Bertz CT molecular complexity index is 786. The van der Waals surface area contributed by atoms with Gasteiger partial charge in [0, 0.05) is 5.69 Å². The number of benzene rings is 1. The number of carbonyl (C=O) groups excluding carboxylic acids is 1. The molecule has 2 aromatic rings. The first-order valence-electron chi connectivity index (χ1n) is 5.72. The third-order valence-corrected chi connectivity index (χ3v) is 3.71. The van der Waals surface area contributed by atoms with Crippen molar-refractivity contribution in [3.63, 3.8) is 0 Å². The zero-order chi connectivity index (χ0) is 15.6. The van der Waals surface area contributed by atoms with E-state index in [4.69, 9.17) is 26.9 Å². The highest BCUT2D eigenvalue weighted by Crippen LogP contribution is 2.21. The highest BCUT2D eigenvalue weighted by atomic mass is 35.5. The van der Waals surface area contributed by atoms with Crippen LogP contribution in [0.1, 0.15) is 16.1 Å². The molecule has 0 bridgehead atoms. The van der Waals surface area contributed by atoms with Crippen molar-refractivity contribution >= 4 is 33.2 Å². The average molecular weight is 330 g/mol. The minimum Gasteiger partial charge on any atom is -0.446 e. The summed E-state index contributed by atoms with van der Waals surface area (Å²) in [6, 6.07) is 7.41. The maximum Gasteiger partial charge on any atom is 0.271 e. The second kappa shape index (κ2) is 5.76. The van der Waals surface area contributed by atoms with Gasteiger partial charge in [-0.15, -0.1) is 0 Å². The van der Waals surface area contributed by atoms with Gasteiger partial charge in [0.2, 0.25) is 11.0 Å². The minimum absolute atomic E-state index is 0.219. The molecule has 112 valence electrons. The summed E-state index contributed by atoms with van der Waals surface area (Å²) in [6.07, 6.45) is 0. The second-order valence-corrected chi connectivity index (χ2v) is 6.08. The number of rotatable bonds is 5. The number of primary amides is 1. The van der Waals surface area contributed by atoms with E-state index in [0.29, 0.717) is 11.4 Å². The van der Waals surface area contributed by atoms with Crippen molar-refractivity contribution in [1.82, 2.24) is 0 Å². The predicted molar refractivity (Wildman–Crippen MR) is 77.4 cm³/mol. The number of amides is 1. The van der Waals surface area contributed by atoms with Crippen LogP contribution in [0.15, 0.2) is 39.8 Å². The van der Waals surface area contributed by atoms with E-state index in [-0.39, 0.29) is 22.2 Å². The van der Waals surface area contributed by atoms with Crippen molar-refractivity contribution < 1.29 is 17.6 Å². The smallest absolute Gasteiger partial charge is 0.271 e. The minimum atomic E-state index is -3.85. The zero-order valence-corrected chi connectivity index (χ0v) is 12.2. The van der Waals surface area contributed by atoms with E-state index in [9.17, 15) is 13.2 Å². The van der Waals surface area contributed by atoms with Gasteiger partial charge < -0.3 is 15.5 Å². The van der Waals surface area contributed by atoms with Gasteiger partial charge in [0.25, 0.3) is 10.0 Å². The lowest BCUT2D eigenvalue weighted by molar-refractivity contribution is 0.100. The lowest BCUT2D eigenvalue weighted by atomic mass is 10.2. The maximum absolute atomic E-state index is 11.1. The summed E-state index contributed by atoms with van der Waals surface area (Å²) >= 11 is 5.91. The summed E-state index contributed by atoms with van der Waals surface area (Å²) in [5.74, 6) is -0.232. The fourth-order valence-electron chi connectivity index (χ4n) is 1.62. The first-order chi connectivity index (χ1) is 9.77. The lowest BCUT2D eigenvalue weighted by Crippen LogP contribution is -2.11. The maximum atomic E-state index is 11.1. The average Bonchev–Trinajstić information content (AvgIpc) is 2.84. The Labute approximate surface area is 125 Å². The molecule has 0 unspecified atom stereocenters. The van der Waals surface area contributed by atoms with E-state index in [1.54, 1.807) is 6.07 Å². The van der Waals surface area contributed by atoms with E-state index in [2.05, 4.69) is 5.32 Å². The molecule has 0 saturated heterocycles. The first-order valence-corrected chi connectivity index (χ1v) is 7.64. The van der Waals surface area contributed by atoms with Gasteiger partial charge in [-0.05, 0) is 30.3 Å². The van der Waals surface area contributed by atoms with Gasteiger partial charge in [-0.3, -0.25) is 4.79 Å². The van der Waals surface area contributed by atoms with E-state index in [1.165, 1.54) is 24.3 Å². The van der Waals surface area contributed by atoms with Crippen molar-refractivity contribution in [2.45, 2.75) is 11.6 Å². The van der Waals surface area contributed by atoms with Crippen molar-refractivity contribution in [1.29, 1.82) is 0 Å². The summed E-state index contributed by atoms with van der Waals surface area (Å²) in [5, 5.41) is 7.82. The highest BCUT2D eigenvalue weighted by Gasteiger charge is 2.13. The molecule has 1 aromatic carbocycles. The molecule has 0 spiro atoms. The Morgan fingerprint density at radius 2 is 2.00 bits per heavy atom. The molecule has 0 saturated carbocycles. The number of anilines is 1. The molecule has 0 aliphatic rings. The van der Waals surface area contributed by atoms with Crippen molar-refractivity contribution in [2.24, 2.45) is 10.9 Å². The van der Waals surface area contributed by atoms with Crippen molar-refractivity contribution in [3.8, 4) is 0 Å². The number of halogens is 1. The van der Waals surface area contributed by atoms with E-state index in [1.807, 2.05) is 0 Å². The Kier molecular flexibility index (Phi) is 4.21. The molecule has 0 aliphatic heterocycles. The topological polar surface area (TPSA) is 128 Å². The number of carbonyl (C=O) groups is 1. The van der Waals surface area contributed by atoms with Gasteiger partial charge in [0.05, 0.1) is 17.1 Å². The summed E-state index contributed by atoms with van der Waals surface area (Å²) < 4.78 is 27.2. The summed E-state index contributed by atoms with van der Waals surface area (Å²) in [7, 11) is -3.85. The summed E-state index contributed by atoms with van der Waals surface area (Å²) in [4.78, 5) is 11.0. The van der Waals surface area contributed by atoms with Crippen LogP contribution in [0.5, 0.6) is 0 Å². The molecule has 21 heavy (non-hydrogen) atoms. The molecule has 0 fully saturated rings. The van der Waals surface area contributed by atoms with Crippen LogP contribution in [0.2, 0.25) is 5.02 Å². The molecule has 9 heteroatoms. The number of nitrogens with two attached hydrogens (primary N) is 2. The van der Waals surface area contributed by atoms with Crippen LogP contribution >= 0.6 is 11.6 Å². The Hall–Kier alpha value is -2.03. The van der Waals surface area contributed by atoms with E-state index in [0.717, 1.165) is 0 Å². The number of primary sulfonamides is 1. The fraction of sp³-hybridized carbons (Fsp3) is 0.0833. The van der Waals surface area contributed by atoms with Crippen LogP contribution < -0.4 is 16.2 Å². The number of sulfonamides is 1. The van der Waals surface area contributed by atoms with Gasteiger partial charge in [-0.1, -0.05) is 11.6 Å². The Morgan fingerprint density at radius 3 is 2.52 bits per heavy atom. The predicted octanol–water partition coefficient (Wildman–Crippen LogP) is 1.29. The molecule has 1 amide bonds. The second-order valence-electron chi connectivity index (χ2n) is 4.18. The summed E-state index contributed by atoms with van der Waals surface area (Å²) in [5.41, 5.74) is 5.99. The van der Waals surface area contributed by atoms with Crippen LogP contribution in [0.25, 0.3) is 0 Å². The highest BCUT2D eigenvalue weighted by molar-refractivity contribution is 7.89. The largest absolute Gasteiger partial charge is 0.446 e. The zero-order valence-electron chi connectivity index (χ0n) is 10.7. The van der Waals surface area contributed by atoms with Crippen LogP contribution in [0.3, 0.4) is 0 Å². The van der Waals surface area contributed by atoms with E-state index >= 15 is 0 Å². The fourth-order valence-corrected chi connectivity index (χ4v) is 2.37. The van der Waals surface area contributed by atoms with Crippen LogP contribution in [0.4, 0.5) is 5.69 Å². The van der Waals surface area contributed by atoms with Gasteiger partial charge in [0.15, 0.2) is 0 Å². The van der Waals surface area contributed by atoms with Gasteiger partial charge >= 0.3 is 0 Å². The van der Waals surface area contributed by atoms with Gasteiger partial charge in [-0.25, -0.2) is 13.6 Å². The Balaban J connectivity index is 2.08. The third-order valence-electron chi connectivity index (χ3n) is 2.62. The molecule has 1 heterocycles. The molecular weight excluding hydrogens is 318 g/mol. The third kappa shape index (κ3) is 3.75. The number of furan rings is 1. The number of nitrogens with one attached hydrogen (secondary N) is 1. The van der Waals surface area contributed by atoms with Crippen molar-refractivity contribution in [2.75, 3.05) is 5.32 Å². The quantitative estimate of drug-likeness (QED) is 0.761. The summed E-state index contributed by atoms with van der Waals surface area (Å²) in [6.45, 7) is 0.224. The molecular formula is C12H12ClN3O4S. The molecule has 0 aliphatic carbocycles. The SMILES string of the molecule is NC(=O)c1ccc(NCc2ccc(S(N)(=O)=O)o2)cc1Cl. The number of hydrogen-bond donors (Lipinski definition) is 3.